The number of hydrogen-bond donors (Lipinski definition) is 2. The van der Waals surface area contributed by atoms with E-state index in [2.05, 4.69) is 40.5 Å². The molecule has 0 unspecified atom stereocenters. The molecule has 0 atom stereocenters. The lowest BCUT2D eigenvalue weighted by molar-refractivity contribution is 0.102. The van der Waals surface area contributed by atoms with Crippen LogP contribution in [0, 0.1) is 6.92 Å². The van der Waals surface area contributed by atoms with Gasteiger partial charge in [0.15, 0.2) is 11.6 Å². The highest BCUT2D eigenvalue weighted by atomic mass is 16.5. The third-order valence-corrected chi connectivity index (χ3v) is 8.01. The van der Waals surface area contributed by atoms with Crippen LogP contribution in [0.3, 0.4) is 0 Å². The first-order chi connectivity index (χ1) is 19.7. The predicted molar refractivity (Wildman–Crippen MR) is 159 cm³/mol. The normalized spacial score (nSPS) is 16.8. The predicted octanol–water partition coefficient (Wildman–Crippen LogP) is 5.07. The zero-order valence-electron chi connectivity index (χ0n) is 24.1. The van der Waals surface area contributed by atoms with Crippen LogP contribution >= 0.6 is 0 Å². The fraction of sp³-hybridized carbons (Fsp3) is 0.467. The van der Waals surface area contributed by atoms with Gasteiger partial charge in [0.05, 0.1) is 6.20 Å². The molecule has 1 amide bonds. The minimum absolute atomic E-state index is 0.204. The van der Waals surface area contributed by atoms with Crippen LogP contribution in [0.5, 0.6) is 0 Å². The van der Waals surface area contributed by atoms with Crippen LogP contribution in [0.1, 0.15) is 68.1 Å². The number of anilines is 4. The van der Waals surface area contributed by atoms with Crippen LogP contribution in [0.15, 0.2) is 41.3 Å². The van der Waals surface area contributed by atoms with Gasteiger partial charge in [0.1, 0.15) is 23.1 Å². The summed E-state index contributed by atoms with van der Waals surface area (Å²) in [5, 5.41) is 10.2. The Morgan fingerprint density at radius 1 is 1.02 bits per heavy atom. The first kappa shape index (κ1) is 27.1. The summed E-state index contributed by atoms with van der Waals surface area (Å²) in [5.41, 5.74) is 3.29. The van der Waals surface area contributed by atoms with Crippen molar-refractivity contribution in [3.63, 3.8) is 0 Å². The van der Waals surface area contributed by atoms with Gasteiger partial charge in [-0.2, -0.15) is 0 Å². The largest absolute Gasteiger partial charge is 0.359 e. The highest BCUT2D eigenvalue weighted by Gasteiger charge is 2.27. The van der Waals surface area contributed by atoms with Gasteiger partial charge in [-0.25, -0.2) is 19.9 Å². The van der Waals surface area contributed by atoms with Gasteiger partial charge >= 0.3 is 0 Å². The maximum Gasteiger partial charge on any atom is 0.256 e. The highest BCUT2D eigenvalue weighted by Crippen LogP contribution is 2.29. The SMILES string of the molecule is Cc1ccc(C(=O)Nc2cc(C(C)(C)C)on2)cc1Nc1ncnc2cnc(N3CCC(N4CCCC4)CC3)nc12. The summed E-state index contributed by atoms with van der Waals surface area (Å²) in [6, 6.07) is 7.89. The Bertz CT molecular complexity index is 1550. The molecular weight excluding hydrogens is 518 g/mol. The molecule has 0 saturated carbocycles. The standard InChI is InChI=1S/C30H37N9O2/c1-19-7-8-20(28(40)35-25-16-24(41-37-25)30(2,3)4)15-22(19)34-27-26-23(32-18-33-27)17-31-29(36-26)39-13-9-21(10-14-39)38-11-5-6-12-38/h7-8,15-18,21H,5-6,9-14H2,1-4H3,(H,32,33,34)(H,35,37,40). The van der Waals surface area contributed by atoms with Crippen molar-refractivity contribution in [2.75, 3.05) is 41.7 Å². The molecule has 2 N–H and O–H groups in total. The highest BCUT2D eigenvalue weighted by molar-refractivity contribution is 6.04. The van der Waals surface area contributed by atoms with E-state index in [0.29, 0.717) is 46.0 Å². The lowest BCUT2D eigenvalue weighted by Crippen LogP contribution is -2.44. The van der Waals surface area contributed by atoms with Crippen molar-refractivity contribution >= 4 is 40.2 Å². The minimum atomic E-state index is -0.281. The van der Waals surface area contributed by atoms with Crippen molar-refractivity contribution in [3.8, 4) is 0 Å². The van der Waals surface area contributed by atoms with Gasteiger partial charge in [0, 0.05) is 41.9 Å². The number of piperidine rings is 1. The van der Waals surface area contributed by atoms with Crippen molar-refractivity contribution in [2.45, 2.75) is 64.8 Å². The summed E-state index contributed by atoms with van der Waals surface area (Å²) < 4.78 is 5.40. The molecular formula is C30H37N9O2. The molecule has 2 aliphatic rings. The second-order valence-corrected chi connectivity index (χ2v) is 12.0. The third kappa shape index (κ3) is 5.85. The number of rotatable bonds is 6. The molecule has 2 aliphatic heterocycles. The number of amides is 1. The maximum atomic E-state index is 13.1. The molecule has 6 rings (SSSR count). The molecule has 0 aliphatic carbocycles. The Morgan fingerprint density at radius 3 is 2.54 bits per heavy atom. The summed E-state index contributed by atoms with van der Waals surface area (Å²) in [6.45, 7) is 12.4. The zero-order valence-corrected chi connectivity index (χ0v) is 24.1. The number of aryl methyl sites for hydroxylation is 1. The number of likely N-dealkylation sites (tertiary alicyclic amines) is 1. The molecule has 0 radical (unpaired) electrons. The fourth-order valence-electron chi connectivity index (χ4n) is 5.53. The number of fused-ring (bicyclic) bond motifs is 1. The second kappa shape index (κ2) is 11.0. The monoisotopic (exact) mass is 555 g/mol. The Morgan fingerprint density at radius 2 is 1.80 bits per heavy atom. The smallest absolute Gasteiger partial charge is 0.256 e. The Kier molecular flexibility index (Phi) is 7.29. The average molecular weight is 556 g/mol. The van der Waals surface area contributed by atoms with E-state index in [0.717, 1.165) is 37.2 Å². The molecule has 4 aromatic rings. The quantitative estimate of drug-likeness (QED) is 0.333. The average Bonchev–Trinajstić information content (AvgIpc) is 3.67. The van der Waals surface area contributed by atoms with Gasteiger partial charge in [-0.05, 0) is 63.4 Å². The van der Waals surface area contributed by atoms with Gasteiger partial charge in [-0.15, -0.1) is 0 Å². The van der Waals surface area contributed by atoms with Gasteiger partial charge in [-0.1, -0.05) is 32.0 Å². The molecule has 5 heterocycles. The van der Waals surface area contributed by atoms with E-state index in [1.807, 2.05) is 33.8 Å². The van der Waals surface area contributed by atoms with Gasteiger partial charge in [-0.3, -0.25) is 4.79 Å². The Balaban J connectivity index is 1.20. The summed E-state index contributed by atoms with van der Waals surface area (Å²) >= 11 is 0. The molecule has 2 fully saturated rings. The molecule has 41 heavy (non-hydrogen) atoms. The lowest BCUT2D eigenvalue weighted by atomic mass is 9.93. The first-order valence-electron chi connectivity index (χ1n) is 14.4. The van der Waals surface area contributed by atoms with E-state index in [-0.39, 0.29) is 11.3 Å². The molecule has 0 bridgehead atoms. The van der Waals surface area contributed by atoms with E-state index < -0.39 is 0 Å². The van der Waals surface area contributed by atoms with Crippen molar-refractivity contribution in [1.29, 1.82) is 0 Å². The minimum Gasteiger partial charge on any atom is -0.359 e. The van der Waals surface area contributed by atoms with Gasteiger partial charge in [0.2, 0.25) is 5.95 Å². The van der Waals surface area contributed by atoms with Crippen LogP contribution in [0.4, 0.5) is 23.3 Å². The van der Waals surface area contributed by atoms with E-state index in [1.54, 1.807) is 24.4 Å². The number of hydrogen-bond acceptors (Lipinski definition) is 10. The van der Waals surface area contributed by atoms with Crippen LogP contribution in [-0.4, -0.2) is 68.1 Å². The van der Waals surface area contributed by atoms with Gasteiger partial charge < -0.3 is 25.0 Å². The number of carbonyl (C=O) groups excluding carboxylic acids is 1. The van der Waals surface area contributed by atoms with Crippen LogP contribution in [0.25, 0.3) is 11.0 Å². The van der Waals surface area contributed by atoms with E-state index in [4.69, 9.17) is 9.51 Å². The van der Waals surface area contributed by atoms with Crippen LogP contribution in [0.2, 0.25) is 0 Å². The van der Waals surface area contributed by atoms with Gasteiger partial charge in [0.25, 0.3) is 5.91 Å². The Labute approximate surface area is 239 Å². The van der Waals surface area contributed by atoms with Crippen molar-refractivity contribution < 1.29 is 9.32 Å². The number of carbonyl (C=O) groups is 1. The molecule has 11 heteroatoms. The molecule has 11 nitrogen and oxygen atoms in total. The van der Waals surface area contributed by atoms with E-state index in [9.17, 15) is 4.79 Å². The van der Waals surface area contributed by atoms with Crippen molar-refractivity contribution in [2.24, 2.45) is 0 Å². The summed E-state index contributed by atoms with van der Waals surface area (Å²) in [7, 11) is 0. The topological polar surface area (TPSA) is 125 Å². The molecule has 214 valence electrons. The molecule has 2 saturated heterocycles. The van der Waals surface area contributed by atoms with Crippen molar-refractivity contribution in [1.82, 2.24) is 30.0 Å². The number of nitrogens with zero attached hydrogens (tertiary/aromatic N) is 7. The van der Waals surface area contributed by atoms with E-state index in [1.165, 1.54) is 32.3 Å². The van der Waals surface area contributed by atoms with Crippen LogP contribution < -0.4 is 15.5 Å². The lowest BCUT2D eigenvalue weighted by Gasteiger charge is -2.36. The number of benzene rings is 1. The summed E-state index contributed by atoms with van der Waals surface area (Å²) in [6.07, 6.45) is 8.14. The summed E-state index contributed by atoms with van der Waals surface area (Å²) in [4.78, 5) is 36.4. The third-order valence-electron chi connectivity index (χ3n) is 8.01. The number of nitrogens with one attached hydrogen (secondary N) is 2. The second-order valence-electron chi connectivity index (χ2n) is 12.0. The molecule has 1 aromatic carbocycles. The number of aromatic nitrogens is 5. The molecule has 0 spiro atoms. The zero-order chi connectivity index (χ0) is 28.6. The first-order valence-corrected chi connectivity index (χ1v) is 14.4. The van der Waals surface area contributed by atoms with Crippen molar-refractivity contribution in [3.05, 3.63) is 53.7 Å². The van der Waals surface area contributed by atoms with E-state index >= 15 is 0 Å². The Hall–Kier alpha value is -4.12. The summed E-state index contributed by atoms with van der Waals surface area (Å²) in [5.74, 6) is 2.06. The fourth-order valence-corrected chi connectivity index (χ4v) is 5.53. The molecule has 3 aromatic heterocycles. The maximum absolute atomic E-state index is 13.1. The van der Waals surface area contributed by atoms with Crippen LogP contribution in [-0.2, 0) is 5.41 Å².